The smallest absolute Gasteiger partial charge is 0.227 e. The SMILES string of the molecule is COCCS(=O)(=O)N1CCC(C(=O)Nc2ccc(OC(C)C)cc2)CC1. The van der Waals surface area contributed by atoms with Gasteiger partial charge in [-0.3, -0.25) is 4.79 Å². The van der Waals surface area contributed by atoms with Gasteiger partial charge in [-0.2, -0.15) is 0 Å². The number of ether oxygens (including phenoxy) is 2. The second-order valence-electron chi connectivity index (χ2n) is 6.66. The number of hydrogen-bond donors (Lipinski definition) is 1. The Balaban J connectivity index is 1.84. The van der Waals surface area contributed by atoms with Crippen LogP contribution in [0.2, 0.25) is 0 Å². The summed E-state index contributed by atoms with van der Waals surface area (Å²) in [5.41, 5.74) is 0.709. The highest BCUT2D eigenvalue weighted by atomic mass is 32.2. The number of hydrogen-bond acceptors (Lipinski definition) is 5. The topological polar surface area (TPSA) is 84.9 Å². The van der Waals surface area contributed by atoms with Gasteiger partial charge in [0.25, 0.3) is 0 Å². The standard InChI is InChI=1S/C18H28N2O5S/c1-14(2)25-17-6-4-16(5-7-17)19-18(21)15-8-10-20(11-9-15)26(22,23)13-12-24-3/h4-7,14-15H,8-13H2,1-3H3,(H,19,21). The number of nitrogens with one attached hydrogen (secondary N) is 1. The Hall–Kier alpha value is -1.64. The number of sulfonamides is 1. The van der Waals surface area contributed by atoms with Gasteiger partial charge in [-0.25, -0.2) is 12.7 Å². The van der Waals surface area contributed by atoms with Crippen molar-refractivity contribution in [2.24, 2.45) is 5.92 Å². The Morgan fingerprint density at radius 1 is 1.23 bits per heavy atom. The molecule has 26 heavy (non-hydrogen) atoms. The van der Waals surface area contributed by atoms with Crippen LogP contribution >= 0.6 is 0 Å². The highest BCUT2D eigenvalue weighted by molar-refractivity contribution is 7.89. The quantitative estimate of drug-likeness (QED) is 0.742. The maximum atomic E-state index is 12.4. The number of carbonyl (C=O) groups is 1. The Kier molecular flexibility index (Phi) is 7.43. The Morgan fingerprint density at radius 3 is 2.38 bits per heavy atom. The summed E-state index contributed by atoms with van der Waals surface area (Å²) in [5, 5.41) is 2.90. The summed E-state index contributed by atoms with van der Waals surface area (Å²) < 4.78 is 36.2. The van der Waals surface area contributed by atoms with Crippen LogP contribution < -0.4 is 10.1 Å². The minimum Gasteiger partial charge on any atom is -0.491 e. The minimum atomic E-state index is -3.31. The third-order valence-electron chi connectivity index (χ3n) is 4.26. The monoisotopic (exact) mass is 384 g/mol. The van der Waals surface area contributed by atoms with E-state index in [-0.39, 0.29) is 30.3 Å². The second kappa shape index (κ2) is 9.34. The van der Waals surface area contributed by atoms with Crippen LogP contribution in [0, 0.1) is 5.92 Å². The molecule has 0 atom stereocenters. The molecule has 146 valence electrons. The number of amides is 1. The molecule has 2 rings (SSSR count). The predicted octanol–water partition coefficient (Wildman–Crippen LogP) is 2.10. The summed E-state index contributed by atoms with van der Waals surface area (Å²) in [7, 11) is -1.83. The molecule has 1 aliphatic heterocycles. The largest absolute Gasteiger partial charge is 0.491 e. The lowest BCUT2D eigenvalue weighted by molar-refractivity contribution is -0.120. The predicted molar refractivity (Wildman–Crippen MR) is 101 cm³/mol. The van der Waals surface area contributed by atoms with E-state index in [2.05, 4.69) is 5.32 Å². The summed E-state index contributed by atoms with van der Waals surface area (Å²) in [6.07, 6.45) is 1.14. The number of benzene rings is 1. The molecule has 0 aromatic heterocycles. The van der Waals surface area contributed by atoms with Gasteiger partial charge in [0.1, 0.15) is 5.75 Å². The number of piperidine rings is 1. The fourth-order valence-corrected chi connectivity index (χ4v) is 4.25. The molecule has 1 fully saturated rings. The van der Waals surface area contributed by atoms with E-state index in [9.17, 15) is 13.2 Å². The van der Waals surface area contributed by atoms with E-state index in [0.717, 1.165) is 5.75 Å². The number of nitrogens with zero attached hydrogens (tertiary/aromatic N) is 1. The molecule has 0 radical (unpaired) electrons. The molecule has 1 aromatic rings. The van der Waals surface area contributed by atoms with Gasteiger partial charge in [-0.15, -0.1) is 0 Å². The van der Waals surface area contributed by atoms with E-state index in [1.54, 1.807) is 12.1 Å². The molecule has 0 unspecified atom stereocenters. The van der Waals surface area contributed by atoms with Gasteiger partial charge in [-0.05, 0) is 51.0 Å². The average molecular weight is 384 g/mol. The molecule has 1 amide bonds. The van der Waals surface area contributed by atoms with Gasteiger partial charge in [0, 0.05) is 31.8 Å². The van der Waals surface area contributed by atoms with Crippen molar-refractivity contribution in [3.05, 3.63) is 24.3 Å². The molecular weight excluding hydrogens is 356 g/mol. The van der Waals surface area contributed by atoms with Crippen molar-refractivity contribution in [3.8, 4) is 5.75 Å². The van der Waals surface area contributed by atoms with Gasteiger partial charge >= 0.3 is 0 Å². The maximum absolute atomic E-state index is 12.4. The van der Waals surface area contributed by atoms with E-state index in [1.807, 2.05) is 26.0 Å². The number of methoxy groups -OCH3 is 1. The van der Waals surface area contributed by atoms with Crippen molar-refractivity contribution in [1.82, 2.24) is 4.31 Å². The second-order valence-corrected chi connectivity index (χ2v) is 8.75. The molecule has 1 saturated heterocycles. The van der Waals surface area contributed by atoms with Crippen molar-refractivity contribution >= 4 is 21.6 Å². The zero-order valence-electron chi connectivity index (χ0n) is 15.6. The van der Waals surface area contributed by atoms with Crippen LogP contribution in [-0.4, -0.2) is 57.3 Å². The average Bonchev–Trinajstić information content (AvgIpc) is 2.61. The number of anilines is 1. The highest BCUT2D eigenvalue weighted by Crippen LogP contribution is 2.23. The van der Waals surface area contributed by atoms with E-state index in [0.29, 0.717) is 31.6 Å². The first-order chi connectivity index (χ1) is 12.3. The molecule has 0 saturated carbocycles. The first-order valence-corrected chi connectivity index (χ1v) is 10.5. The highest BCUT2D eigenvalue weighted by Gasteiger charge is 2.30. The van der Waals surface area contributed by atoms with E-state index in [4.69, 9.17) is 9.47 Å². The van der Waals surface area contributed by atoms with Crippen LogP contribution in [0.25, 0.3) is 0 Å². The van der Waals surface area contributed by atoms with Gasteiger partial charge in [0.2, 0.25) is 15.9 Å². The fraction of sp³-hybridized carbons (Fsp3) is 0.611. The van der Waals surface area contributed by atoms with Crippen LogP contribution in [0.5, 0.6) is 5.75 Å². The van der Waals surface area contributed by atoms with E-state index >= 15 is 0 Å². The zero-order valence-corrected chi connectivity index (χ0v) is 16.4. The minimum absolute atomic E-state index is 0.0227. The maximum Gasteiger partial charge on any atom is 0.227 e. The molecule has 1 heterocycles. The van der Waals surface area contributed by atoms with Gasteiger partial charge in [0.15, 0.2) is 0 Å². The van der Waals surface area contributed by atoms with Gasteiger partial charge in [0.05, 0.1) is 18.5 Å². The van der Waals surface area contributed by atoms with Crippen molar-refractivity contribution in [2.45, 2.75) is 32.8 Å². The summed E-state index contributed by atoms with van der Waals surface area (Å²) in [5.74, 6) is 0.477. The Bertz CT molecular complexity index is 680. The molecule has 0 spiro atoms. The van der Waals surface area contributed by atoms with Crippen molar-refractivity contribution < 1.29 is 22.7 Å². The Labute approximate surface area is 155 Å². The van der Waals surface area contributed by atoms with Crippen LogP contribution in [0.4, 0.5) is 5.69 Å². The molecule has 1 aromatic carbocycles. The molecule has 1 N–H and O–H groups in total. The van der Waals surface area contributed by atoms with Gasteiger partial charge in [-0.1, -0.05) is 0 Å². The van der Waals surface area contributed by atoms with E-state index < -0.39 is 10.0 Å². The number of rotatable bonds is 8. The third kappa shape index (κ3) is 5.96. The molecular formula is C18H28N2O5S. The molecule has 1 aliphatic rings. The molecule has 0 bridgehead atoms. The van der Waals surface area contributed by atoms with Crippen molar-refractivity contribution in [1.29, 1.82) is 0 Å². The first kappa shape index (κ1) is 20.7. The van der Waals surface area contributed by atoms with Crippen LogP contribution in [-0.2, 0) is 19.6 Å². The summed E-state index contributed by atoms with van der Waals surface area (Å²) in [6.45, 7) is 4.82. The summed E-state index contributed by atoms with van der Waals surface area (Å²) in [6, 6.07) is 7.25. The van der Waals surface area contributed by atoms with Crippen molar-refractivity contribution in [2.75, 3.05) is 37.9 Å². The molecule has 0 aliphatic carbocycles. The van der Waals surface area contributed by atoms with Crippen LogP contribution in [0.3, 0.4) is 0 Å². The number of carbonyl (C=O) groups excluding carboxylic acids is 1. The van der Waals surface area contributed by atoms with Crippen LogP contribution in [0.15, 0.2) is 24.3 Å². The van der Waals surface area contributed by atoms with Gasteiger partial charge < -0.3 is 14.8 Å². The molecule has 8 heteroatoms. The summed E-state index contributed by atoms with van der Waals surface area (Å²) in [4.78, 5) is 12.4. The third-order valence-corrected chi connectivity index (χ3v) is 6.09. The van der Waals surface area contributed by atoms with E-state index in [1.165, 1.54) is 11.4 Å². The summed E-state index contributed by atoms with van der Waals surface area (Å²) >= 11 is 0. The lowest BCUT2D eigenvalue weighted by atomic mass is 9.97. The lowest BCUT2D eigenvalue weighted by Crippen LogP contribution is -2.42. The normalized spacial score (nSPS) is 16.6. The molecule has 7 nitrogen and oxygen atoms in total. The first-order valence-electron chi connectivity index (χ1n) is 8.86. The lowest BCUT2D eigenvalue weighted by Gasteiger charge is -2.30. The zero-order chi connectivity index (χ0) is 19.2. The van der Waals surface area contributed by atoms with Crippen molar-refractivity contribution in [3.63, 3.8) is 0 Å². The fourth-order valence-electron chi connectivity index (χ4n) is 2.85. The Morgan fingerprint density at radius 2 is 1.85 bits per heavy atom. The van der Waals surface area contributed by atoms with Crippen LogP contribution in [0.1, 0.15) is 26.7 Å².